The van der Waals surface area contributed by atoms with Crippen molar-refractivity contribution >= 4 is 15.9 Å². The van der Waals surface area contributed by atoms with Gasteiger partial charge < -0.3 is 9.84 Å². The van der Waals surface area contributed by atoms with E-state index in [0.29, 0.717) is 6.61 Å². The largest absolute Gasteiger partial charge is 0.493 e. The lowest BCUT2D eigenvalue weighted by Gasteiger charge is -2.17. The molecule has 0 aliphatic carbocycles. The standard InChI is InChI=1S/C17H19BrO2/c1-4-20-16-8-5-11(2)9-14(16)17(19)13-6-7-15(18)12(3)10-13/h5-10,17,19H,4H2,1-3H3. The van der Waals surface area contributed by atoms with E-state index in [2.05, 4.69) is 15.9 Å². The smallest absolute Gasteiger partial charge is 0.125 e. The van der Waals surface area contributed by atoms with Crippen LogP contribution in [-0.2, 0) is 0 Å². The zero-order valence-electron chi connectivity index (χ0n) is 12.0. The predicted molar refractivity (Wildman–Crippen MR) is 85.3 cm³/mol. The van der Waals surface area contributed by atoms with Crippen molar-refractivity contribution in [1.29, 1.82) is 0 Å². The van der Waals surface area contributed by atoms with E-state index in [9.17, 15) is 5.11 Å². The molecule has 0 bridgehead atoms. The van der Waals surface area contributed by atoms with Gasteiger partial charge in [-0.05, 0) is 50.1 Å². The maximum absolute atomic E-state index is 10.6. The Morgan fingerprint density at radius 1 is 1.15 bits per heavy atom. The molecule has 0 saturated carbocycles. The predicted octanol–water partition coefficient (Wildman–Crippen LogP) is 4.55. The van der Waals surface area contributed by atoms with Gasteiger partial charge in [0.05, 0.1) is 6.61 Å². The highest BCUT2D eigenvalue weighted by molar-refractivity contribution is 9.10. The van der Waals surface area contributed by atoms with Crippen LogP contribution in [-0.4, -0.2) is 11.7 Å². The molecule has 0 aromatic heterocycles. The summed E-state index contributed by atoms with van der Waals surface area (Å²) in [6.07, 6.45) is -0.678. The molecule has 0 saturated heterocycles. The van der Waals surface area contributed by atoms with E-state index in [0.717, 1.165) is 32.5 Å². The van der Waals surface area contributed by atoms with Gasteiger partial charge in [0.25, 0.3) is 0 Å². The number of halogens is 1. The summed E-state index contributed by atoms with van der Waals surface area (Å²) in [5.41, 5.74) is 3.90. The summed E-state index contributed by atoms with van der Waals surface area (Å²) in [6, 6.07) is 11.8. The zero-order valence-corrected chi connectivity index (χ0v) is 13.6. The highest BCUT2D eigenvalue weighted by Crippen LogP contribution is 2.32. The van der Waals surface area contributed by atoms with E-state index < -0.39 is 6.10 Å². The summed E-state index contributed by atoms with van der Waals surface area (Å²) in [5.74, 6) is 0.742. The Kier molecular flexibility index (Phi) is 4.84. The molecule has 1 N–H and O–H groups in total. The number of aryl methyl sites for hydroxylation is 2. The first-order chi connectivity index (χ1) is 9.52. The topological polar surface area (TPSA) is 29.5 Å². The molecule has 0 aliphatic rings. The maximum atomic E-state index is 10.6. The monoisotopic (exact) mass is 334 g/mol. The normalized spacial score (nSPS) is 12.2. The van der Waals surface area contributed by atoms with Crippen LogP contribution in [0.4, 0.5) is 0 Å². The molecular formula is C17H19BrO2. The Hall–Kier alpha value is -1.32. The van der Waals surface area contributed by atoms with Crippen LogP contribution in [0, 0.1) is 13.8 Å². The molecule has 2 nitrogen and oxygen atoms in total. The lowest BCUT2D eigenvalue weighted by Crippen LogP contribution is -2.05. The molecule has 0 radical (unpaired) electrons. The summed E-state index contributed by atoms with van der Waals surface area (Å²) >= 11 is 3.48. The molecule has 0 fully saturated rings. The minimum Gasteiger partial charge on any atom is -0.493 e. The number of ether oxygens (including phenoxy) is 1. The van der Waals surface area contributed by atoms with Crippen molar-refractivity contribution in [2.75, 3.05) is 6.61 Å². The fourth-order valence-corrected chi connectivity index (χ4v) is 2.43. The van der Waals surface area contributed by atoms with E-state index in [-0.39, 0.29) is 0 Å². The minimum atomic E-state index is -0.678. The molecule has 2 aromatic carbocycles. The average Bonchev–Trinajstić information content (AvgIpc) is 2.43. The van der Waals surface area contributed by atoms with Crippen LogP contribution in [0.5, 0.6) is 5.75 Å². The number of benzene rings is 2. The van der Waals surface area contributed by atoms with Gasteiger partial charge in [-0.15, -0.1) is 0 Å². The Bertz CT molecular complexity index is 608. The first-order valence-corrected chi connectivity index (χ1v) is 7.49. The van der Waals surface area contributed by atoms with Gasteiger partial charge >= 0.3 is 0 Å². The van der Waals surface area contributed by atoms with Crippen LogP contribution < -0.4 is 4.74 Å². The van der Waals surface area contributed by atoms with Gasteiger partial charge in [-0.3, -0.25) is 0 Å². The third-order valence-corrected chi connectivity index (χ3v) is 4.15. The number of aliphatic hydroxyl groups excluding tert-OH is 1. The van der Waals surface area contributed by atoms with Gasteiger partial charge in [0.15, 0.2) is 0 Å². The van der Waals surface area contributed by atoms with E-state index in [1.807, 2.05) is 57.2 Å². The Morgan fingerprint density at radius 3 is 2.55 bits per heavy atom. The van der Waals surface area contributed by atoms with Gasteiger partial charge in [0.2, 0.25) is 0 Å². The molecule has 2 rings (SSSR count). The fraction of sp³-hybridized carbons (Fsp3) is 0.294. The van der Waals surface area contributed by atoms with Crippen LogP contribution in [0.25, 0.3) is 0 Å². The molecule has 0 spiro atoms. The van der Waals surface area contributed by atoms with Crippen molar-refractivity contribution in [3.05, 3.63) is 63.1 Å². The lowest BCUT2D eigenvalue weighted by atomic mass is 9.98. The molecule has 20 heavy (non-hydrogen) atoms. The van der Waals surface area contributed by atoms with Crippen molar-refractivity contribution in [2.24, 2.45) is 0 Å². The first kappa shape index (κ1) is 15.1. The molecule has 1 atom stereocenters. The molecule has 106 valence electrons. The molecule has 2 aromatic rings. The second-order valence-corrected chi connectivity index (χ2v) is 5.74. The van der Waals surface area contributed by atoms with Crippen molar-refractivity contribution in [1.82, 2.24) is 0 Å². The number of rotatable bonds is 4. The molecule has 3 heteroatoms. The van der Waals surface area contributed by atoms with E-state index in [1.54, 1.807) is 0 Å². The van der Waals surface area contributed by atoms with Gasteiger partial charge in [-0.25, -0.2) is 0 Å². The lowest BCUT2D eigenvalue weighted by molar-refractivity contribution is 0.212. The highest BCUT2D eigenvalue weighted by atomic mass is 79.9. The Morgan fingerprint density at radius 2 is 1.90 bits per heavy atom. The van der Waals surface area contributed by atoms with Crippen LogP contribution >= 0.6 is 15.9 Å². The SMILES string of the molecule is CCOc1ccc(C)cc1C(O)c1ccc(Br)c(C)c1. The Balaban J connectivity index is 2.43. The maximum Gasteiger partial charge on any atom is 0.125 e. The summed E-state index contributed by atoms with van der Waals surface area (Å²) in [4.78, 5) is 0. The summed E-state index contributed by atoms with van der Waals surface area (Å²) in [5, 5.41) is 10.6. The van der Waals surface area contributed by atoms with Crippen molar-refractivity contribution in [3.63, 3.8) is 0 Å². The van der Waals surface area contributed by atoms with Gasteiger partial charge in [-0.2, -0.15) is 0 Å². The Labute approximate surface area is 128 Å². The van der Waals surface area contributed by atoms with Crippen LogP contribution in [0.3, 0.4) is 0 Å². The third kappa shape index (κ3) is 3.22. The zero-order chi connectivity index (χ0) is 14.7. The van der Waals surface area contributed by atoms with Crippen molar-refractivity contribution in [3.8, 4) is 5.75 Å². The summed E-state index contributed by atoms with van der Waals surface area (Å²) in [6.45, 7) is 6.56. The second kappa shape index (κ2) is 6.42. The van der Waals surface area contributed by atoms with Crippen LogP contribution in [0.15, 0.2) is 40.9 Å². The van der Waals surface area contributed by atoms with E-state index >= 15 is 0 Å². The minimum absolute atomic E-state index is 0.585. The summed E-state index contributed by atoms with van der Waals surface area (Å²) < 4.78 is 6.66. The quantitative estimate of drug-likeness (QED) is 0.888. The average molecular weight is 335 g/mol. The number of hydrogen-bond donors (Lipinski definition) is 1. The molecule has 0 heterocycles. The molecular weight excluding hydrogens is 316 g/mol. The van der Waals surface area contributed by atoms with Crippen molar-refractivity contribution in [2.45, 2.75) is 26.9 Å². The molecule has 0 aliphatic heterocycles. The van der Waals surface area contributed by atoms with E-state index in [1.165, 1.54) is 0 Å². The summed E-state index contributed by atoms with van der Waals surface area (Å²) in [7, 11) is 0. The third-order valence-electron chi connectivity index (χ3n) is 3.26. The molecule has 1 unspecified atom stereocenters. The second-order valence-electron chi connectivity index (χ2n) is 4.89. The highest BCUT2D eigenvalue weighted by Gasteiger charge is 2.16. The molecule has 0 amide bonds. The number of hydrogen-bond acceptors (Lipinski definition) is 2. The van der Waals surface area contributed by atoms with Gasteiger partial charge in [-0.1, -0.05) is 39.7 Å². The first-order valence-electron chi connectivity index (χ1n) is 6.70. The van der Waals surface area contributed by atoms with Gasteiger partial charge in [0, 0.05) is 10.0 Å². The number of aliphatic hydroxyl groups is 1. The van der Waals surface area contributed by atoms with Crippen LogP contribution in [0.1, 0.15) is 35.3 Å². The van der Waals surface area contributed by atoms with Gasteiger partial charge in [0.1, 0.15) is 11.9 Å². The van der Waals surface area contributed by atoms with Crippen molar-refractivity contribution < 1.29 is 9.84 Å². The van der Waals surface area contributed by atoms with E-state index in [4.69, 9.17) is 4.74 Å². The fourth-order valence-electron chi connectivity index (χ4n) is 2.19. The van der Waals surface area contributed by atoms with Crippen LogP contribution in [0.2, 0.25) is 0 Å².